The Balaban J connectivity index is 1.90. The predicted octanol–water partition coefficient (Wildman–Crippen LogP) is 4.63. The number of ketones is 3. The highest BCUT2D eigenvalue weighted by molar-refractivity contribution is 6.13. The maximum Gasteiger partial charge on any atom is 0.173 e. The molecule has 0 unspecified atom stereocenters. The van der Waals surface area contributed by atoms with Gasteiger partial charge in [0.15, 0.2) is 11.6 Å². The molecule has 1 aliphatic rings. The van der Waals surface area contributed by atoms with Gasteiger partial charge in [0.05, 0.1) is 17.4 Å². The molecule has 3 aromatic carbocycles. The van der Waals surface area contributed by atoms with Crippen LogP contribution in [0.4, 0.5) is 4.39 Å². The number of carbonyl (C=O) groups is 3. The van der Waals surface area contributed by atoms with Gasteiger partial charge in [0.2, 0.25) is 0 Å². The Morgan fingerprint density at radius 2 is 1.44 bits per heavy atom. The molecule has 0 saturated heterocycles. The molecule has 4 nitrogen and oxygen atoms in total. The summed E-state index contributed by atoms with van der Waals surface area (Å²) in [7, 11) is 0. The monoisotopic (exact) mass is 430 g/mol. The maximum absolute atomic E-state index is 14.2. The second-order valence-corrected chi connectivity index (χ2v) is 8.50. The Bertz CT molecular complexity index is 1150. The average Bonchev–Trinajstić information content (AvgIpc) is 2.78. The van der Waals surface area contributed by atoms with Crippen molar-refractivity contribution >= 4 is 17.3 Å². The molecule has 0 bridgehead atoms. The Morgan fingerprint density at radius 3 is 2.00 bits per heavy atom. The van der Waals surface area contributed by atoms with Gasteiger partial charge >= 0.3 is 0 Å². The largest absolute Gasteiger partial charge is 0.389 e. The molecular weight excluding hydrogens is 407 g/mol. The van der Waals surface area contributed by atoms with E-state index in [0.717, 1.165) is 0 Å². The van der Waals surface area contributed by atoms with Gasteiger partial charge in [0, 0.05) is 23.5 Å². The van der Waals surface area contributed by atoms with Crippen molar-refractivity contribution < 1.29 is 23.9 Å². The molecule has 0 aliphatic heterocycles. The Kier molecular flexibility index (Phi) is 5.85. The third-order valence-corrected chi connectivity index (χ3v) is 6.18. The standard InChI is InChI=1S/C27H23FO4/c1-27(32)16-21(29)23(25(30)17-9-4-2-5-10-17)22(19-13-8-14-20(28)15-19)24(27)26(31)18-11-6-3-7-12-18/h2-15,22-24,32H,16H2,1H3/t22-,23-,24-,27-/m1/s1. The number of Topliss-reactive ketones (excluding diaryl/α,β-unsaturated/α-hetero) is 3. The molecule has 1 fully saturated rings. The van der Waals surface area contributed by atoms with Gasteiger partial charge in [-0.1, -0.05) is 72.8 Å². The molecule has 1 aliphatic carbocycles. The fourth-order valence-corrected chi connectivity index (χ4v) is 4.77. The summed E-state index contributed by atoms with van der Waals surface area (Å²) in [4.78, 5) is 40.3. The lowest BCUT2D eigenvalue weighted by molar-refractivity contribution is -0.134. The van der Waals surface area contributed by atoms with Crippen molar-refractivity contribution in [2.24, 2.45) is 11.8 Å². The molecule has 4 rings (SSSR count). The molecule has 0 amide bonds. The minimum absolute atomic E-state index is 0.333. The zero-order valence-corrected chi connectivity index (χ0v) is 17.6. The van der Waals surface area contributed by atoms with Gasteiger partial charge < -0.3 is 5.11 Å². The summed E-state index contributed by atoms with van der Waals surface area (Å²) >= 11 is 0. The Labute approximate surface area is 185 Å². The second-order valence-electron chi connectivity index (χ2n) is 8.50. The van der Waals surface area contributed by atoms with E-state index < -0.39 is 40.7 Å². The highest BCUT2D eigenvalue weighted by Gasteiger charge is 2.55. The lowest BCUT2D eigenvalue weighted by Crippen LogP contribution is -2.54. The average molecular weight is 430 g/mol. The Hall–Kier alpha value is -3.44. The number of halogens is 1. The molecule has 0 aromatic heterocycles. The van der Waals surface area contributed by atoms with Gasteiger partial charge in [0.1, 0.15) is 11.6 Å². The van der Waals surface area contributed by atoms with E-state index in [1.54, 1.807) is 66.7 Å². The van der Waals surface area contributed by atoms with E-state index in [2.05, 4.69) is 0 Å². The van der Waals surface area contributed by atoms with Crippen LogP contribution in [0.3, 0.4) is 0 Å². The lowest BCUT2D eigenvalue weighted by Gasteiger charge is -2.45. The second kappa shape index (κ2) is 8.60. The zero-order chi connectivity index (χ0) is 22.9. The number of aliphatic hydroxyl groups is 1. The van der Waals surface area contributed by atoms with Crippen LogP contribution >= 0.6 is 0 Å². The van der Waals surface area contributed by atoms with Crippen molar-refractivity contribution in [3.8, 4) is 0 Å². The fraction of sp³-hybridized carbons (Fsp3) is 0.222. The first-order valence-electron chi connectivity index (χ1n) is 10.5. The zero-order valence-electron chi connectivity index (χ0n) is 17.6. The van der Waals surface area contributed by atoms with Crippen LogP contribution in [0, 0.1) is 17.7 Å². The summed E-state index contributed by atoms with van der Waals surface area (Å²) in [5, 5.41) is 11.3. The van der Waals surface area contributed by atoms with Crippen LogP contribution in [-0.2, 0) is 4.79 Å². The van der Waals surface area contributed by atoms with Crippen molar-refractivity contribution in [1.82, 2.24) is 0 Å². The van der Waals surface area contributed by atoms with Crippen LogP contribution in [0.25, 0.3) is 0 Å². The molecule has 0 heterocycles. The van der Waals surface area contributed by atoms with Gasteiger partial charge in [-0.3, -0.25) is 14.4 Å². The number of hydrogen-bond acceptors (Lipinski definition) is 4. The summed E-state index contributed by atoms with van der Waals surface area (Å²) in [6.45, 7) is 1.44. The predicted molar refractivity (Wildman–Crippen MR) is 118 cm³/mol. The molecule has 32 heavy (non-hydrogen) atoms. The van der Waals surface area contributed by atoms with Crippen LogP contribution in [0.2, 0.25) is 0 Å². The molecular formula is C27H23FO4. The van der Waals surface area contributed by atoms with Crippen molar-refractivity contribution in [3.05, 3.63) is 107 Å². The molecule has 3 aromatic rings. The van der Waals surface area contributed by atoms with Crippen molar-refractivity contribution in [2.45, 2.75) is 24.9 Å². The van der Waals surface area contributed by atoms with Crippen molar-refractivity contribution in [3.63, 3.8) is 0 Å². The van der Waals surface area contributed by atoms with Gasteiger partial charge in [-0.15, -0.1) is 0 Å². The maximum atomic E-state index is 14.2. The number of rotatable bonds is 5. The van der Waals surface area contributed by atoms with E-state index in [1.165, 1.54) is 25.1 Å². The number of hydrogen-bond donors (Lipinski definition) is 1. The SMILES string of the molecule is C[C@@]1(O)CC(=O)[C@@H](C(=O)c2ccccc2)[C@@H](c2cccc(F)c2)[C@@H]1C(=O)c1ccccc1. The van der Waals surface area contributed by atoms with E-state index >= 15 is 0 Å². The topological polar surface area (TPSA) is 71.4 Å². The van der Waals surface area contributed by atoms with Crippen LogP contribution in [0.15, 0.2) is 84.9 Å². The minimum Gasteiger partial charge on any atom is -0.389 e. The summed E-state index contributed by atoms with van der Waals surface area (Å²) in [5.74, 6) is -5.16. The van der Waals surface area contributed by atoms with Crippen LogP contribution in [-0.4, -0.2) is 28.1 Å². The molecule has 1 saturated carbocycles. The van der Waals surface area contributed by atoms with Crippen LogP contribution in [0.1, 0.15) is 45.5 Å². The van der Waals surface area contributed by atoms with E-state index in [-0.39, 0.29) is 12.2 Å². The minimum atomic E-state index is -1.70. The van der Waals surface area contributed by atoms with E-state index in [9.17, 15) is 23.9 Å². The highest BCUT2D eigenvalue weighted by Crippen LogP contribution is 2.48. The normalized spacial score (nSPS) is 25.3. The lowest BCUT2D eigenvalue weighted by atomic mass is 9.58. The number of carbonyl (C=O) groups excluding carboxylic acids is 3. The molecule has 4 atom stereocenters. The van der Waals surface area contributed by atoms with Gasteiger partial charge in [-0.25, -0.2) is 4.39 Å². The Morgan fingerprint density at radius 1 is 0.875 bits per heavy atom. The quantitative estimate of drug-likeness (QED) is 0.473. The number of benzene rings is 3. The van der Waals surface area contributed by atoms with Crippen molar-refractivity contribution in [2.75, 3.05) is 0 Å². The molecule has 1 N–H and O–H groups in total. The van der Waals surface area contributed by atoms with Crippen LogP contribution < -0.4 is 0 Å². The van der Waals surface area contributed by atoms with Crippen molar-refractivity contribution in [1.29, 1.82) is 0 Å². The molecule has 0 spiro atoms. The van der Waals surface area contributed by atoms with E-state index in [0.29, 0.717) is 16.7 Å². The van der Waals surface area contributed by atoms with Gasteiger partial charge in [-0.05, 0) is 24.6 Å². The van der Waals surface area contributed by atoms with E-state index in [4.69, 9.17) is 0 Å². The third kappa shape index (κ3) is 4.04. The van der Waals surface area contributed by atoms with Gasteiger partial charge in [-0.2, -0.15) is 0 Å². The van der Waals surface area contributed by atoms with Gasteiger partial charge in [0.25, 0.3) is 0 Å². The van der Waals surface area contributed by atoms with Crippen LogP contribution in [0.5, 0.6) is 0 Å². The summed E-state index contributed by atoms with van der Waals surface area (Å²) in [6, 6.07) is 22.4. The molecule has 5 heteroatoms. The summed E-state index contributed by atoms with van der Waals surface area (Å²) < 4.78 is 14.2. The smallest absolute Gasteiger partial charge is 0.173 e. The van der Waals surface area contributed by atoms with E-state index in [1.807, 2.05) is 0 Å². The highest BCUT2D eigenvalue weighted by atomic mass is 19.1. The first-order chi connectivity index (χ1) is 15.3. The molecule has 162 valence electrons. The molecule has 0 radical (unpaired) electrons. The summed E-state index contributed by atoms with van der Waals surface area (Å²) in [6.07, 6.45) is -0.342. The third-order valence-electron chi connectivity index (χ3n) is 6.18. The first kappa shape index (κ1) is 21.8. The summed E-state index contributed by atoms with van der Waals surface area (Å²) in [5.41, 5.74) is -0.671. The fourth-order valence-electron chi connectivity index (χ4n) is 4.77. The first-order valence-corrected chi connectivity index (χ1v) is 10.5.